The molecule has 132 valence electrons. The fraction of sp³-hybridized carbons (Fsp3) is 0.263. The molecule has 0 aliphatic carbocycles. The molecule has 0 heterocycles. The summed E-state index contributed by atoms with van der Waals surface area (Å²) in [6, 6.07) is 14.9. The van der Waals surface area contributed by atoms with Gasteiger partial charge in [-0.05, 0) is 24.6 Å². The highest BCUT2D eigenvalue weighted by Gasteiger charge is 2.01. The minimum atomic E-state index is -0.240. The number of ether oxygens (including phenoxy) is 1. The van der Waals surface area contributed by atoms with Crippen LogP contribution in [0.2, 0.25) is 0 Å². The fourth-order valence-electron chi connectivity index (χ4n) is 2.15. The molecule has 2 rings (SSSR count). The Morgan fingerprint density at radius 2 is 1.80 bits per heavy atom. The fourth-order valence-corrected chi connectivity index (χ4v) is 2.15. The van der Waals surface area contributed by atoms with Crippen LogP contribution < -0.4 is 20.7 Å². The minimum absolute atomic E-state index is 0.135. The van der Waals surface area contributed by atoms with Crippen LogP contribution in [0.3, 0.4) is 0 Å². The van der Waals surface area contributed by atoms with Gasteiger partial charge in [-0.1, -0.05) is 35.9 Å². The molecular formula is C19H23N3O3. The van der Waals surface area contributed by atoms with Crippen LogP contribution in [0, 0.1) is 6.92 Å². The molecular weight excluding hydrogens is 318 g/mol. The van der Waals surface area contributed by atoms with Gasteiger partial charge in [0, 0.05) is 25.2 Å². The molecule has 0 atom stereocenters. The molecule has 0 aliphatic heterocycles. The molecule has 3 amide bonds. The average molecular weight is 341 g/mol. The van der Waals surface area contributed by atoms with Crippen LogP contribution >= 0.6 is 0 Å². The average Bonchev–Trinajstić information content (AvgIpc) is 2.58. The summed E-state index contributed by atoms with van der Waals surface area (Å²) in [6.07, 6.45) is 0. The maximum atomic E-state index is 11.7. The van der Waals surface area contributed by atoms with Crippen molar-refractivity contribution in [2.45, 2.75) is 20.4 Å². The summed E-state index contributed by atoms with van der Waals surface area (Å²) in [5.41, 5.74) is 2.91. The van der Waals surface area contributed by atoms with Crippen molar-refractivity contribution >= 4 is 17.6 Å². The molecule has 2 aromatic carbocycles. The maximum absolute atomic E-state index is 11.7. The van der Waals surface area contributed by atoms with E-state index in [1.807, 2.05) is 31.2 Å². The highest BCUT2D eigenvalue weighted by Crippen LogP contribution is 2.16. The van der Waals surface area contributed by atoms with E-state index in [4.69, 9.17) is 4.74 Å². The Labute approximate surface area is 147 Å². The topological polar surface area (TPSA) is 79.5 Å². The van der Waals surface area contributed by atoms with Gasteiger partial charge in [-0.25, -0.2) is 4.79 Å². The van der Waals surface area contributed by atoms with Crippen LogP contribution in [0.5, 0.6) is 5.75 Å². The Morgan fingerprint density at radius 1 is 1.04 bits per heavy atom. The summed E-state index contributed by atoms with van der Waals surface area (Å²) in [7, 11) is 0. The summed E-state index contributed by atoms with van der Waals surface area (Å²) >= 11 is 0. The van der Waals surface area contributed by atoms with Crippen molar-refractivity contribution < 1.29 is 14.3 Å². The Balaban J connectivity index is 1.66. The number of anilines is 1. The number of nitrogens with one attached hydrogen (secondary N) is 3. The summed E-state index contributed by atoms with van der Waals surface area (Å²) < 4.78 is 5.56. The first-order valence-corrected chi connectivity index (χ1v) is 8.10. The molecule has 0 aliphatic rings. The first-order chi connectivity index (χ1) is 12.0. The van der Waals surface area contributed by atoms with Crippen molar-refractivity contribution in [1.29, 1.82) is 0 Å². The van der Waals surface area contributed by atoms with E-state index >= 15 is 0 Å². The molecule has 0 fully saturated rings. The third-order valence-electron chi connectivity index (χ3n) is 3.38. The summed E-state index contributed by atoms with van der Waals surface area (Å²) in [4.78, 5) is 22.8. The van der Waals surface area contributed by atoms with Crippen molar-refractivity contribution in [3.05, 3.63) is 59.7 Å². The van der Waals surface area contributed by atoms with E-state index in [0.29, 0.717) is 31.1 Å². The first-order valence-electron chi connectivity index (χ1n) is 8.10. The Kier molecular flexibility index (Phi) is 6.83. The first kappa shape index (κ1) is 18.3. The summed E-state index contributed by atoms with van der Waals surface area (Å²) in [5.74, 6) is 0.497. The van der Waals surface area contributed by atoms with Crippen molar-refractivity contribution in [2.75, 3.05) is 18.5 Å². The smallest absolute Gasteiger partial charge is 0.315 e. The zero-order valence-electron chi connectivity index (χ0n) is 14.5. The molecule has 0 saturated carbocycles. The van der Waals surface area contributed by atoms with E-state index in [9.17, 15) is 9.59 Å². The molecule has 3 N–H and O–H groups in total. The second kappa shape index (κ2) is 9.32. The van der Waals surface area contributed by atoms with E-state index in [0.717, 1.165) is 5.56 Å². The monoisotopic (exact) mass is 341 g/mol. The Hall–Kier alpha value is -3.02. The molecule has 0 radical (unpaired) electrons. The van der Waals surface area contributed by atoms with Gasteiger partial charge in [0.2, 0.25) is 5.91 Å². The number of aryl methyl sites for hydroxylation is 1. The summed E-state index contributed by atoms with van der Waals surface area (Å²) in [6.45, 7) is 4.67. The predicted molar refractivity (Wildman–Crippen MR) is 97.7 cm³/mol. The van der Waals surface area contributed by atoms with E-state index in [1.165, 1.54) is 12.5 Å². The number of hydrogen-bond acceptors (Lipinski definition) is 3. The van der Waals surface area contributed by atoms with Gasteiger partial charge in [-0.3, -0.25) is 4.79 Å². The molecule has 6 nitrogen and oxygen atoms in total. The molecule has 0 aromatic heterocycles. The molecule has 2 aromatic rings. The van der Waals surface area contributed by atoms with Gasteiger partial charge in [0.15, 0.2) is 0 Å². The van der Waals surface area contributed by atoms with Crippen molar-refractivity contribution in [1.82, 2.24) is 10.6 Å². The predicted octanol–water partition coefficient (Wildman–Crippen LogP) is 2.83. The molecule has 0 spiro atoms. The molecule has 0 saturated heterocycles. The highest BCUT2D eigenvalue weighted by atomic mass is 16.5. The third kappa shape index (κ3) is 6.95. The number of carbonyl (C=O) groups excluding carboxylic acids is 2. The van der Waals surface area contributed by atoms with Crippen LogP contribution in [-0.4, -0.2) is 25.1 Å². The molecule has 0 unspecified atom stereocenters. The molecule has 6 heteroatoms. The zero-order valence-corrected chi connectivity index (χ0v) is 14.5. The van der Waals surface area contributed by atoms with Gasteiger partial charge < -0.3 is 20.7 Å². The van der Waals surface area contributed by atoms with Crippen LogP contribution in [0.1, 0.15) is 18.1 Å². The molecule has 0 bridgehead atoms. The summed E-state index contributed by atoms with van der Waals surface area (Å²) in [5, 5.41) is 8.22. The number of carbonyl (C=O) groups is 2. The number of urea groups is 1. The van der Waals surface area contributed by atoms with Crippen LogP contribution in [0.25, 0.3) is 0 Å². The van der Waals surface area contributed by atoms with E-state index in [1.54, 1.807) is 24.3 Å². The number of rotatable bonds is 7. The lowest BCUT2D eigenvalue weighted by Crippen LogP contribution is -2.37. The highest BCUT2D eigenvalue weighted by molar-refractivity contribution is 5.88. The van der Waals surface area contributed by atoms with E-state index < -0.39 is 0 Å². The van der Waals surface area contributed by atoms with Crippen molar-refractivity contribution in [2.24, 2.45) is 0 Å². The second-order valence-corrected chi connectivity index (χ2v) is 5.65. The minimum Gasteiger partial charge on any atom is -0.492 e. The number of hydrogen-bond donors (Lipinski definition) is 3. The zero-order chi connectivity index (χ0) is 18.1. The van der Waals surface area contributed by atoms with Gasteiger partial charge in [0.25, 0.3) is 0 Å². The standard InChI is InChI=1S/C19H23N3O3/c1-14-6-8-16(9-7-14)13-21-19(24)20-10-11-25-18-5-3-4-17(12-18)22-15(2)23/h3-9,12H,10-11,13H2,1-2H3,(H,22,23)(H2,20,21,24). The normalized spacial score (nSPS) is 10.0. The van der Waals surface area contributed by atoms with Gasteiger partial charge in [0.05, 0.1) is 6.54 Å². The van der Waals surface area contributed by atoms with Gasteiger partial charge in [-0.2, -0.15) is 0 Å². The lowest BCUT2D eigenvalue weighted by molar-refractivity contribution is -0.114. The Morgan fingerprint density at radius 3 is 2.52 bits per heavy atom. The number of amides is 3. The SMILES string of the molecule is CC(=O)Nc1cccc(OCCNC(=O)NCc2ccc(C)cc2)c1. The lowest BCUT2D eigenvalue weighted by atomic mass is 10.1. The van der Waals surface area contributed by atoms with Gasteiger partial charge >= 0.3 is 6.03 Å². The maximum Gasteiger partial charge on any atom is 0.315 e. The van der Waals surface area contributed by atoms with E-state index in [-0.39, 0.29) is 11.9 Å². The lowest BCUT2D eigenvalue weighted by Gasteiger charge is -2.10. The van der Waals surface area contributed by atoms with Gasteiger partial charge in [0.1, 0.15) is 12.4 Å². The van der Waals surface area contributed by atoms with Crippen LogP contribution in [0.15, 0.2) is 48.5 Å². The third-order valence-corrected chi connectivity index (χ3v) is 3.38. The Bertz CT molecular complexity index is 714. The second-order valence-electron chi connectivity index (χ2n) is 5.65. The van der Waals surface area contributed by atoms with Crippen LogP contribution in [-0.2, 0) is 11.3 Å². The quantitative estimate of drug-likeness (QED) is 0.678. The number of benzene rings is 2. The van der Waals surface area contributed by atoms with Crippen LogP contribution in [0.4, 0.5) is 10.5 Å². The van der Waals surface area contributed by atoms with Crippen molar-refractivity contribution in [3.8, 4) is 5.75 Å². The largest absolute Gasteiger partial charge is 0.492 e. The van der Waals surface area contributed by atoms with Gasteiger partial charge in [-0.15, -0.1) is 0 Å². The van der Waals surface area contributed by atoms with E-state index in [2.05, 4.69) is 16.0 Å². The van der Waals surface area contributed by atoms with Crippen molar-refractivity contribution in [3.63, 3.8) is 0 Å². The molecule has 25 heavy (non-hydrogen) atoms.